The van der Waals surface area contributed by atoms with Crippen molar-refractivity contribution < 1.29 is 4.58 Å². The topological polar surface area (TPSA) is 6.25 Å². The predicted octanol–water partition coefficient (Wildman–Crippen LogP) is 1.16. The van der Waals surface area contributed by atoms with Crippen molar-refractivity contribution >= 4 is 5.84 Å². The number of nitrogens with zero attached hydrogens (tertiary/aromatic N) is 2. The van der Waals surface area contributed by atoms with Crippen LogP contribution in [0.1, 0.15) is 26.2 Å². The van der Waals surface area contributed by atoms with Crippen molar-refractivity contribution in [2.75, 3.05) is 27.2 Å². The van der Waals surface area contributed by atoms with E-state index in [1.165, 1.54) is 38.2 Å². The first-order valence-corrected chi connectivity index (χ1v) is 4.47. The smallest absolute Gasteiger partial charge is 0.243 e. The van der Waals surface area contributed by atoms with Gasteiger partial charge in [0.05, 0.1) is 27.2 Å². The molecule has 64 valence electrons. The van der Waals surface area contributed by atoms with Gasteiger partial charge in [-0.2, -0.15) is 0 Å². The lowest BCUT2D eigenvalue weighted by Crippen LogP contribution is -2.37. The Balaban J connectivity index is 2.52. The molecule has 1 fully saturated rings. The van der Waals surface area contributed by atoms with Crippen molar-refractivity contribution in [3.63, 3.8) is 0 Å². The van der Waals surface area contributed by atoms with E-state index < -0.39 is 0 Å². The van der Waals surface area contributed by atoms with Crippen LogP contribution in [0.5, 0.6) is 0 Å². The van der Waals surface area contributed by atoms with Crippen molar-refractivity contribution in [2.45, 2.75) is 26.2 Å². The maximum Gasteiger partial charge on any atom is 0.243 e. The predicted molar refractivity (Wildman–Crippen MR) is 48.2 cm³/mol. The quantitative estimate of drug-likeness (QED) is 0.289. The summed E-state index contributed by atoms with van der Waals surface area (Å²) in [5.74, 6) is 1.41. The number of piperidine rings is 1. The Bertz CT molecular complexity index is 151. The maximum absolute atomic E-state index is 2.48. The number of likely N-dealkylation sites (tertiary alicyclic amines) is 1. The molecule has 1 aliphatic rings. The molecule has 0 amide bonds. The van der Waals surface area contributed by atoms with Crippen LogP contribution in [0, 0.1) is 0 Å². The van der Waals surface area contributed by atoms with Gasteiger partial charge in [0.25, 0.3) is 0 Å². The van der Waals surface area contributed by atoms with E-state index >= 15 is 0 Å². The third-order valence-electron chi connectivity index (χ3n) is 2.46. The van der Waals surface area contributed by atoms with Gasteiger partial charge < -0.3 is 0 Å². The lowest BCUT2D eigenvalue weighted by molar-refractivity contribution is -0.470. The minimum Gasteiger partial charge on any atom is -0.271 e. The first-order valence-electron chi connectivity index (χ1n) is 4.47. The molecule has 0 spiro atoms. The summed E-state index contributed by atoms with van der Waals surface area (Å²) in [6.45, 7) is 4.71. The fourth-order valence-corrected chi connectivity index (χ4v) is 1.50. The SMILES string of the molecule is CC(N1CCCCC1)=[N+](C)C. The van der Waals surface area contributed by atoms with Gasteiger partial charge in [0, 0.05) is 6.92 Å². The summed E-state index contributed by atoms with van der Waals surface area (Å²) < 4.78 is 2.20. The summed E-state index contributed by atoms with van der Waals surface area (Å²) in [6.07, 6.45) is 4.15. The van der Waals surface area contributed by atoms with E-state index in [1.54, 1.807) is 0 Å². The summed E-state index contributed by atoms with van der Waals surface area (Å²) in [5, 5.41) is 0. The van der Waals surface area contributed by atoms with Crippen LogP contribution < -0.4 is 0 Å². The molecule has 0 aromatic heterocycles. The van der Waals surface area contributed by atoms with Crippen molar-refractivity contribution in [1.82, 2.24) is 4.90 Å². The molecule has 0 bridgehead atoms. The largest absolute Gasteiger partial charge is 0.271 e. The third-order valence-corrected chi connectivity index (χ3v) is 2.46. The highest BCUT2D eigenvalue weighted by Gasteiger charge is 2.17. The van der Waals surface area contributed by atoms with E-state index in [0.29, 0.717) is 0 Å². The van der Waals surface area contributed by atoms with Crippen molar-refractivity contribution in [3.05, 3.63) is 0 Å². The number of amidine groups is 1. The van der Waals surface area contributed by atoms with Crippen LogP contribution in [-0.4, -0.2) is 42.5 Å². The normalized spacial score (nSPS) is 18.3. The molecule has 2 nitrogen and oxygen atoms in total. The number of hydrogen-bond donors (Lipinski definition) is 0. The standard InChI is InChI=1S/C9H19N2/c1-9(10(2)3)11-7-5-4-6-8-11/h4-8H2,1-3H3/q+1. The van der Waals surface area contributed by atoms with Crippen LogP contribution in [0.4, 0.5) is 0 Å². The Morgan fingerprint density at radius 1 is 1.09 bits per heavy atom. The van der Waals surface area contributed by atoms with Crippen molar-refractivity contribution in [2.24, 2.45) is 0 Å². The van der Waals surface area contributed by atoms with Gasteiger partial charge in [0.2, 0.25) is 5.84 Å². The third kappa shape index (κ3) is 2.21. The molecular weight excluding hydrogens is 136 g/mol. The van der Waals surface area contributed by atoms with E-state index in [9.17, 15) is 0 Å². The Labute approximate surface area is 69.5 Å². The summed E-state index contributed by atoms with van der Waals surface area (Å²) in [7, 11) is 4.23. The summed E-state index contributed by atoms with van der Waals surface area (Å²) >= 11 is 0. The summed E-state index contributed by atoms with van der Waals surface area (Å²) in [5.41, 5.74) is 0. The fraction of sp³-hybridized carbons (Fsp3) is 0.889. The van der Waals surface area contributed by atoms with Crippen LogP contribution in [0.25, 0.3) is 0 Å². The molecule has 0 aliphatic carbocycles. The van der Waals surface area contributed by atoms with E-state index in [2.05, 4.69) is 30.5 Å². The van der Waals surface area contributed by atoms with Crippen LogP contribution in [-0.2, 0) is 0 Å². The Morgan fingerprint density at radius 2 is 1.64 bits per heavy atom. The van der Waals surface area contributed by atoms with E-state index in [1.807, 2.05) is 0 Å². The zero-order chi connectivity index (χ0) is 8.27. The van der Waals surface area contributed by atoms with Crippen LogP contribution >= 0.6 is 0 Å². The second-order valence-electron chi connectivity index (χ2n) is 3.49. The molecule has 1 aliphatic heterocycles. The summed E-state index contributed by atoms with van der Waals surface area (Å²) in [6, 6.07) is 0. The highest BCUT2D eigenvalue weighted by molar-refractivity contribution is 5.74. The number of rotatable bonds is 0. The van der Waals surface area contributed by atoms with Gasteiger partial charge in [-0.15, -0.1) is 0 Å². The average molecular weight is 155 g/mol. The second kappa shape index (κ2) is 3.74. The van der Waals surface area contributed by atoms with Gasteiger partial charge >= 0.3 is 0 Å². The van der Waals surface area contributed by atoms with Crippen LogP contribution in [0.15, 0.2) is 0 Å². The lowest BCUT2D eigenvalue weighted by atomic mass is 10.1. The Morgan fingerprint density at radius 3 is 2.09 bits per heavy atom. The van der Waals surface area contributed by atoms with Crippen molar-refractivity contribution in [3.8, 4) is 0 Å². The van der Waals surface area contributed by atoms with Crippen LogP contribution in [0.2, 0.25) is 0 Å². The Kier molecular flexibility index (Phi) is 2.92. The molecule has 0 atom stereocenters. The van der Waals surface area contributed by atoms with Gasteiger partial charge in [0.15, 0.2) is 0 Å². The van der Waals surface area contributed by atoms with Gasteiger partial charge in [-0.1, -0.05) is 0 Å². The molecule has 0 unspecified atom stereocenters. The van der Waals surface area contributed by atoms with Gasteiger partial charge in [-0.3, -0.25) is 9.48 Å². The molecular formula is C9H19N2+. The molecule has 0 saturated carbocycles. The lowest BCUT2D eigenvalue weighted by Gasteiger charge is -2.22. The zero-order valence-electron chi connectivity index (χ0n) is 7.93. The molecule has 1 rings (SSSR count). The average Bonchev–Trinajstić information content (AvgIpc) is 2.05. The minimum atomic E-state index is 1.25. The van der Waals surface area contributed by atoms with Gasteiger partial charge in [0.1, 0.15) is 0 Å². The summed E-state index contributed by atoms with van der Waals surface area (Å²) in [4.78, 5) is 2.48. The molecule has 2 heteroatoms. The minimum absolute atomic E-state index is 1.25. The highest BCUT2D eigenvalue weighted by atomic mass is 15.2. The first kappa shape index (κ1) is 8.57. The highest BCUT2D eigenvalue weighted by Crippen LogP contribution is 2.08. The molecule has 0 aromatic rings. The zero-order valence-corrected chi connectivity index (χ0v) is 7.93. The maximum atomic E-state index is 2.48. The number of hydrogen-bond acceptors (Lipinski definition) is 0. The van der Waals surface area contributed by atoms with Gasteiger partial charge in [-0.05, 0) is 19.3 Å². The molecule has 0 N–H and O–H groups in total. The van der Waals surface area contributed by atoms with E-state index in [-0.39, 0.29) is 0 Å². The second-order valence-corrected chi connectivity index (χ2v) is 3.49. The molecule has 0 aromatic carbocycles. The fourth-order valence-electron chi connectivity index (χ4n) is 1.50. The van der Waals surface area contributed by atoms with E-state index in [4.69, 9.17) is 0 Å². The monoisotopic (exact) mass is 155 g/mol. The molecule has 11 heavy (non-hydrogen) atoms. The molecule has 0 radical (unpaired) electrons. The molecule has 1 saturated heterocycles. The first-order chi connectivity index (χ1) is 5.22. The molecule has 1 heterocycles. The van der Waals surface area contributed by atoms with E-state index in [0.717, 1.165) is 0 Å². The Hall–Kier alpha value is -0.530. The van der Waals surface area contributed by atoms with Crippen molar-refractivity contribution in [1.29, 1.82) is 0 Å². The van der Waals surface area contributed by atoms with Gasteiger partial charge in [-0.25, -0.2) is 0 Å². The van der Waals surface area contributed by atoms with Crippen LogP contribution in [0.3, 0.4) is 0 Å².